The molecule has 1 saturated heterocycles. The van der Waals surface area contributed by atoms with Crippen LogP contribution < -0.4 is 5.32 Å². The van der Waals surface area contributed by atoms with Gasteiger partial charge in [-0.15, -0.1) is 0 Å². The number of hydrogen-bond acceptors (Lipinski definition) is 2. The summed E-state index contributed by atoms with van der Waals surface area (Å²) in [4.78, 5) is 14.2. The molecule has 0 spiro atoms. The second-order valence-corrected chi connectivity index (χ2v) is 5.42. The summed E-state index contributed by atoms with van der Waals surface area (Å²) < 4.78 is 0. The molecule has 0 aromatic heterocycles. The third-order valence-electron chi connectivity index (χ3n) is 3.87. The smallest absolute Gasteiger partial charge is 0.244 e. The van der Waals surface area contributed by atoms with Gasteiger partial charge in [-0.3, -0.25) is 9.69 Å². The van der Waals surface area contributed by atoms with Crippen LogP contribution >= 0.6 is 0 Å². The molecule has 0 saturated carbocycles. The highest BCUT2D eigenvalue weighted by molar-refractivity contribution is 5.91. The molecular formula is C17H24N2O. The predicted molar refractivity (Wildman–Crippen MR) is 83.4 cm³/mol. The molecule has 0 unspecified atom stereocenters. The number of carbonyl (C=O) groups is 1. The first-order valence-electron chi connectivity index (χ1n) is 7.51. The Morgan fingerprint density at radius 1 is 1.35 bits per heavy atom. The number of amides is 1. The van der Waals surface area contributed by atoms with Gasteiger partial charge in [0.2, 0.25) is 5.91 Å². The Morgan fingerprint density at radius 2 is 2.15 bits per heavy atom. The van der Waals surface area contributed by atoms with E-state index >= 15 is 0 Å². The van der Waals surface area contributed by atoms with E-state index in [-0.39, 0.29) is 5.91 Å². The zero-order valence-electron chi connectivity index (χ0n) is 12.2. The third kappa shape index (κ3) is 4.82. The zero-order chi connectivity index (χ0) is 14.2. The molecule has 1 heterocycles. The van der Waals surface area contributed by atoms with Crippen molar-refractivity contribution in [2.45, 2.75) is 32.2 Å². The maximum atomic E-state index is 11.7. The van der Waals surface area contributed by atoms with Gasteiger partial charge in [0.25, 0.3) is 0 Å². The van der Waals surface area contributed by atoms with Gasteiger partial charge in [0.05, 0.1) is 0 Å². The van der Waals surface area contributed by atoms with E-state index in [4.69, 9.17) is 0 Å². The lowest BCUT2D eigenvalue weighted by molar-refractivity contribution is -0.116. The Labute approximate surface area is 121 Å². The van der Waals surface area contributed by atoms with Crippen molar-refractivity contribution in [3.05, 3.63) is 42.0 Å². The van der Waals surface area contributed by atoms with Crippen molar-refractivity contribution in [3.8, 4) is 0 Å². The van der Waals surface area contributed by atoms with Crippen LogP contribution in [0.3, 0.4) is 0 Å². The van der Waals surface area contributed by atoms with Gasteiger partial charge in [0.15, 0.2) is 0 Å². The third-order valence-corrected chi connectivity index (χ3v) is 3.87. The van der Waals surface area contributed by atoms with E-state index in [0.29, 0.717) is 6.04 Å². The Kier molecular flexibility index (Phi) is 5.81. The molecule has 3 heteroatoms. The van der Waals surface area contributed by atoms with Crippen LogP contribution in [-0.2, 0) is 4.79 Å². The molecule has 0 radical (unpaired) electrons. The van der Waals surface area contributed by atoms with Gasteiger partial charge < -0.3 is 5.32 Å². The van der Waals surface area contributed by atoms with E-state index in [9.17, 15) is 4.79 Å². The van der Waals surface area contributed by atoms with Crippen molar-refractivity contribution in [1.82, 2.24) is 10.2 Å². The van der Waals surface area contributed by atoms with Gasteiger partial charge in [-0.1, -0.05) is 36.8 Å². The van der Waals surface area contributed by atoms with E-state index in [2.05, 4.69) is 17.1 Å². The zero-order valence-corrected chi connectivity index (χ0v) is 12.2. The molecule has 1 fully saturated rings. The van der Waals surface area contributed by atoms with Gasteiger partial charge in [0.1, 0.15) is 0 Å². The van der Waals surface area contributed by atoms with Crippen molar-refractivity contribution < 1.29 is 4.79 Å². The Bertz CT molecular complexity index is 442. The Hall–Kier alpha value is -1.61. The van der Waals surface area contributed by atoms with E-state index in [1.54, 1.807) is 6.08 Å². The Morgan fingerprint density at radius 3 is 2.90 bits per heavy atom. The Balaban J connectivity index is 1.69. The fourth-order valence-corrected chi connectivity index (χ4v) is 2.61. The van der Waals surface area contributed by atoms with Crippen LogP contribution in [0, 0.1) is 0 Å². The number of benzene rings is 1. The molecule has 1 atom stereocenters. The lowest BCUT2D eigenvalue weighted by Crippen LogP contribution is -2.42. The standard InChI is InChI=1S/C17H24N2O/c1-15-7-5-6-13-19(15)14-12-18-17(20)11-10-16-8-3-2-4-9-16/h2-4,8-11,15H,5-7,12-14H2,1H3,(H,18,20)/b11-10-/t15-/m0/s1. The van der Waals surface area contributed by atoms with Gasteiger partial charge in [-0.05, 0) is 37.9 Å². The molecule has 1 amide bonds. The number of rotatable bonds is 5. The first-order valence-corrected chi connectivity index (χ1v) is 7.51. The first-order chi connectivity index (χ1) is 9.75. The van der Waals surface area contributed by atoms with Crippen molar-refractivity contribution in [2.75, 3.05) is 19.6 Å². The van der Waals surface area contributed by atoms with Gasteiger partial charge in [-0.25, -0.2) is 0 Å². The molecule has 3 nitrogen and oxygen atoms in total. The summed E-state index contributed by atoms with van der Waals surface area (Å²) in [6.07, 6.45) is 7.35. The molecule has 0 aliphatic carbocycles. The number of carbonyl (C=O) groups excluding carboxylic acids is 1. The fourth-order valence-electron chi connectivity index (χ4n) is 2.61. The lowest BCUT2D eigenvalue weighted by Gasteiger charge is -2.33. The molecule has 1 aromatic rings. The topological polar surface area (TPSA) is 32.3 Å². The highest BCUT2D eigenvalue weighted by Gasteiger charge is 2.17. The molecule has 2 rings (SSSR count). The number of nitrogens with zero attached hydrogens (tertiary/aromatic N) is 1. The summed E-state index contributed by atoms with van der Waals surface area (Å²) >= 11 is 0. The summed E-state index contributed by atoms with van der Waals surface area (Å²) in [6, 6.07) is 10.5. The number of nitrogens with one attached hydrogen (secondary N) is 1. The number of likely N-dealkylation sites (tertiary alicyclic amines) is 1. The maximum Gasteiger partial charge on any atom is 0.244 e. The summed E-state index contributed by atoms with van der Waals surface area (Å²) in [5.41, 5.74) is 1.05. The summed E-state index contributed by atoms with van der Waals surface area (Å²) in [5.74, 6) is -0.0153. The number of hydrogen-bond donors (Lipinski definition) is 1. The van der Waals surface area contributed by atoms with Crippen LogP contribution in [0.25, 0.3) is 6.08 Å². The molecule has 20 heavy (non-hydrogen) atoms. The highest BCUT2D eigenvalue weighted by Crippen LogP contribution is 2.15. The molecule has 1 aliphatic heterocycles. The van der Waals surface area contributed by atoms with Gasteiger partial charge >= 0.3 is 0 Å². The van der Waals surface area contributed by atoms with Crippen LogP contribution in [0.4, 0.5) is 0 Å². The molecular weight excluding hydrogens is 248 g/mol. The van der Waals surface area contributed by atoms with Crippen molar-refractivity contribution in [3.63, 3.8) is 0 Å². The SMILES string of the molecule is C[C@H]1CCCCN1CCNC(=O)/C=C\c1ccccc1. The average Bonchev–Trinajstić information content (AvgIpc) is 2.48. The van der Waals surface area contributed by atoms with Crippen molar-refractivity contribution in [2.24, 2.45) is 0 Å². The van der Waals surface area contributed by atoms with Crippen LogP contribution in [0.5, 0.6) is 0 Å². The molecule has 108 valence electrons. The molecule has 1 aromatic carbocycles. The molecule has 0 bridgehead atoms. The summed E-state index contributed by atoms with van der Waals surface area (Å²) in [6.45, 7) is 5.11. The maximum absolute atomic E-state index is 11.7. The second-order valence-electron chi connectivity index (χ2n) is 5.42. The van der Waals surface area contributed by atoms with Crippen LogP contribution in [0.15, 0.2) is 36.4 Å². The van der Waals surface area contributed by atoms with Crippen molar-refractivity contribution in [1.29, 1.82) is 0 Å². The largest absolute Gasteiger partial charge is 0.351 e. The lowest BCUT2D eigenvalue weighted by atomic mass is 10.0. The van der Waals surface area contributed by atoms with E-state index in [1.807, 2.05) is 36.4 Å². The van der Waals surface area contributed by atoms with Crippen molar-refractivity contribution >= 4 is 12.0 Å². The highest BCUT2D eigenvalue weighted by atomic mass is 16.1. The monoisotopic (exact) mass is 272 g/mol. The minimum absolute atomic E-state index is 0.0153. The predicted octanol–water partition coefficient (Wildman–Crippen LogP) is 2.69. The molecule has 1 aliphatic rings. The van der Waals surface area contributed by atoms with E-state index in [1.165, 1.54) is 19.3 Å². The van der Waals surface area contributed by atoms with E-state index < -0.39 is 0 Å². The average molecular weight is 272 g/mol. The quantitative estimate of drug-likeness (QED) is 0.836. The first kappa shape index (κ1) is 14.8. The minimum Gasteiger partial charge on any atom is -0.351 e. The number of piperidine rings is 1. The fraction of sp³-hybridized carbons (Fsp3) is 0.471. The van der Waals surface area contributed by atoms with Crippen LogP contribution in [-0.4, -0.2) is 36.5 Å². The van der Waals surface area contributed by atoms with Gasteiger partial charge in [0, 0.05) is 25.2 Å². The normalized spacial score (nSPS) is 20.1. The summed E-state index contributed by atoms with van der Waals surface area (Å²) in [5, 5.41) is 2.95. The van der Waals surface area contributed by atoms with Crippen LogP contribution in [0.1, 0.15) is 31.7 Å². The van der Waals surface area contributed by atoms with Gasteiger partial charge in [-0.2, -0.15) is 0 Å². The molecule has 1 N–H and O–H groups in total. The second kappa shape index (κ2) is 7.85. The summed E-state index contributed by atoms with van der Waals surface area (Å²) in [7, 11) is 0. The minimum atomic E-state index is -0.0153. The van der Waals surface area contributed by atoms with E-state index in [0.717, 1.165) is 25.2 Å². The van der Waals surface area contributed by atoms with Crippen LogP contribution in [0.2, 0.25) is 0 Å².